The molecule has 0 heterocycles. The van der Waals surface area contributed by atoms with E-state index < -0.39 is 0 Å². The summed E-state index contributed by atoms with van der Waals surface area (Å²) in [5, 5.41) is 8.94. The van der Waals surface area contributed by atoms with Gasteiger partial charge in [-0.25, -0.2) is 4.39 Å². The van der Waals surface area contributed by atoms with Crippen LogP contribution < -0.4 is 5.73 Å². The van der Waals surface area contributed by atoms with Crippen LogP contribution in [0.5, 0.6) is 0 Å². The molecule has 1 aromatic carbocycles. The van der Waals surface area contributed by atoms with E-state index in [4.69, 9.17) is 10.8 Å². The zero-order chi connectivity index (χ0) is 9.84. The molecule has 0 aliphatic carbocycles. The predicted octanol–water partition coefficient (Wildman–Crippen LogP) is 1.62. The van der Waals surface area contributed by atoms with Gasteiger partial charge in [-0.2, -0.15) is 0 Å². The van der Waals surface area contributed by atoms with Crippen LogP contribution in [0.4, 0.5) is 4.39 Å². The molecule has 0 bridgehead atoms. The zero-order valence-corrected chi connectivity index (χ0v) is 8.59. The Labute approximate surface area is 84.7 Å². The number of nitrogens with two attached hydrogens (primary N) is 1. The van der Waals surface area contributed by atoms with Gasteiger partial charge in [0.25, 0.3) is 0 Å². The van der Waals surface area contributed by atoms with Crippen molar-refractivity contribution >= 4 is 15.9 Å². The number of rotatable bonds is 3. The number of aliphatic hydroxyl groups excluding tert-OH is 1. The largest absolute Gasteiger partial charge is 0.396 e. The summed E-state index contributed by atoms with van der Waals surface area (Å²) in [5.41, 5.74) is 6.14. The third-order valence-electron chi connectivity index (χ3n) is 1.86. The number of aliphatic hydroxyl groups is 1. The Bertz CT molecular complexity index is 269. The smallest absolute Gasteiger partial charge is 0.124 e. The zero-order valence-electron chi connectivity index (χ0n) is 7.00. The standard InChI is InChI=1S/C9H11BrFNO/c10-8-1-6(2-9(11)3-8)7(4-12)5-13/h1-3,7,13H,4-5,12H2. The Morgan fingerprint density at radius 2 is 2.15 bits per heavy atom. The maximum Gasteiger partial charge on any atom is 0.124 e. The molecule has 1 rings (SSSR count). The van der Waals surface area contributed by atoms with Gasteiger partial charge in [0, 0.05) is 16.9 Å². The van der Waals surface area contributed by atoms with Gasteiger partial charge in [0.15, 0.2) is 0 Å². The van der Waals surface area contributed by atoms with E-state index in [0.717, 1.165) is 5.56 Å². The molecule has 0 aliphatic rings. The van der Waals surface area contributed by atoms with Gasteiger partial charge in [0.05, 0.1) is 6.61 Å². The Morgan fingerprint density at radius 3 is 2.62 bits per heavy atom. The van der Waals surface area contributed by atoms with Gasteiger partial charge >= 0.3 is 0 Å². The molecule has 13 heavy (non-hydrogen) atoms. The topological polar surface area (TPSA) is 46.2 Å². The molecular weight excluding hydrogens is 237 g/mol. The van der Waals surface area contributed by atoms with Gasteiger partial charge in [0.1, 0.15) is 5.82 Å². The highest BCUT2D eigenvalue weighted by atomic mass is 79.9. The van der Waals surface area contributed by atoms with Crippen molar-refractivity contribution in [2.24, 2.45) is 5.73 Å². The molecule has 0 aromatic heterocycles. The molecule has 72 valence electrons. The average molecular weight is 248 g/mol. The second kappa shape index (κ2) is 4.69. The van der Waals surface area contributed by atoms with E-state index in [1.165, 1.54) is 12.1 Å². The third-order valence-corrected chi connectivity index (χ3v) is 2.32. The predicted molar refractivity (Wildman–Crippen MR) is 53.0 cm³/mol. The van der Waals surface area contributed by atoms with Crippen LogP contribution in [0.2, 0.25) is 0 Å². The first kappa shape index (κ1) is 10.6. The number of halogens is 2. The van der Waals surface area contributed by atoms with Gasteiger partial charge in [-0.05, 0) is 23.8 Å². The van der Waals surface area contributed by atoms with Crippen LogP contribution >= 0.6 is 15.9 Å². The number of benzene rings is 1. The number of hydrogen-bond acceptors (Lipinski definition) is 2. The highest BCUT2D eigenvalue weighted by Gasteiger charge is 2.09. The molecule has 1 aromatic rings. The van der Waals surface area contributed by atoms with Gasteiger partial charge in [-0.3, -0.25) is 0 Å². The van der Waals surface area contributed by atoms with Crippen molar-refractivity contribution in [3.05, 3.63) is 34.1 Å². The lowest BCUT2D eigenvalue weighted by Crippen LogP contribution is -2.16. The summed E-state index contributed by atoms with van der Waals surface area (Å²) in [4.78, 5) is 0. The maximum atomic E-state index is 12.9. The van der Waals surface area contributed by atoms with E-state index in [-0.39, 0.29) is 18.3 Å². The second-order valence-corrected chi connectivity index (χ2v) is 3.73. The molecule has 0 amide bonds. The van der Waals surface area contributed by atoms with E-state index in [1.54, 1.807) is 6.07 Å². The Balaban J connectivity index is 2.99. The second-order valence-electron chi connectivity index (χ2n) is 2.82. The lowest BCUT2D eigenvalue weighted by Gasteiger charge is -2.11. The third kappa shape index (κ3) is 2.76. The molecule has 0 aliphatic heterocycles. The van der Waals surface area contributed by atoms with Crippen molar-refractivity contribution in [2.45, 2.75) is 5.92 Å². The molecule has 0 spiro atoms. The summed E-state index contributed by atoms with van der Waals surface area (Å²) in [6.07, 6.45) is 0. The Morgan fingerprint density at radius 1 is 1.46 bits per heavy atom. The molecule has 0 saturated carbocycles. The van der Waals surface area contributed by atoms with E-state index >= 15 is 0 Å². The van der Waals surface area contributed by atoms with Gasteiger partial charge in [0.2, 0.25) is 0 Å². The highest BCUT2D eigenvalue weighted by molar-refractivity contribution is 9.10. The summed E-state index contributed by atoms with van der Waals surface area (Å²) in [6, 6.07) is 4.52. The van der Waals surface area contributed by atoms with E-state index in [0.29, 0.717) is 11.0 Å². The van der Waals surface area contributed by atoms with Crippen LogP contribution in [-0.4, -0.2) is 18.3 Å². The summed E-state index contributed by atoms with van der Waals surface area (Å²) in [5.74, 6) is -0.511. The van der Waals surface area contributed by atoms with Crippen LogP contribution in [0, 0.1) is 5.82 Å². The first-order valence-electron chi connectivity index (χ1n) is 3.94. The van der Waals surface area contributed by atoms with Crippen LogP contribution in [0.1, 0.15) is 11.5 Å². The van der Waals surface area contributed by atoms with Crippen molar-refractivity contribution in [3.8, 4) is 0 Å². The van der Waals surface area contributed by atoms with E-state index in [2.05, 4.69) is 15.9 Å². The maximum absolute atomic E-state index is 12.9. The first-order chi connectivity index (χ1) is 6.17. The molecule has 2 nitrogen and oxygen atoms in total. The van der Waals surface area contributed by atoms with Crippen molar-refractivity contribution in [3.63, 3.8) is 0 Å². The molecule has 1 atom stereocenters. The lowest BCUT2D eigenvalue weighted by atomic mass is 10.0. The average Bonchev–Trinajstić information content (AvgIpc) is 2.04. The van der Waals surface area contributed by atoms with Crippen molar-refractivity contribution in [1.82, 2.24) is 0 Å². The van der Waals surface area contributed by atoms with E-state index in [9.17, 15) is 4.39 Å². The normalized spacial score (nSPS) is 12.9. The minimum atomic E-state index is -0.323. The highest BCUT2D eigenvalue weighted by Crippen LogP contribution is 2.20. The molecule has 3 N–H and O–H groups in total. The molecule has 0 saturated heterocycles. The quantitative estimate of drug-likeness (QED) is 0.853. The molecule has 1 unspecified atom stereocenters. The van der Waals surface area contributed by atoms with Crippen LogP contribution in [0.25, 0.3) is 0 Å². The monoisotopic (exact) mass is 247 g/mol. The van der Waals surface area contributed by atoms with Crippen molar-refractivity contribution in [2.75, 3.05) is 13.2 Å². The van der Waals surface area contributed by atoms with Gasteiger partial charge < -0.3 is 10.8 Å². The van der Waals surface area contributed by atoms with Crippen molar-refractivity contribution < 1.29 is 9.50 Å². The minimum Gasteiger partial charge on any atom is -0.396 e. The Kier molecular flexibility index (Phi) is 3.84. The van der Waals surface area contributed by atoms with Crippen LogP contribution in [0.15, 0.2) is 22.7 Å². The Hall–Kier alpha value is -0.450. The van der Waals surface area contributed by atoms with E-state index in [1.807, 2.05) is 0 Å². The SMILES string of the molecule is NCC(CO)c1cc(F)cc(Br)c1. The molecule has 0 radical (unpaired) electrons. The van der Waals surface area contributed by atoms with Gasteiger partial charge in [-0.15, -0.1) is 0 Å². The summed E-state index contributed by atoms with van der Waals surface area (Å²) in [7, 11) is 0. The fraction of sp³-hybridized carbons (Fsp3) is 0.333. The van der Waals surface area contributed by atoms with Crippen LogP contribution in [-0.2, 0) is 0 Å². The number of hydrogen-bond donors (Lipinski definition) is 2. The lowest BCUT2D eigenvalue weighted by molar-refractivity contribution is 0.267. The fourth-order valence-electron chi connectivity index (χ4n) is 1.13. The molecule has 0 fully saturated rings. The van der Waals surface area contributed by atoms with Gasteiger partial charge in [-0.1, -0.05) is 15.9 Å². The summed E-state index contributed by atoms with van der Waals surface area (Å²) in [6.45, 7) is 0.249. The molecule has 4 heteroatoms. The minimum absolute atomic E-state index is 0.0631. The first-order valence-corrected chi connectivity index (χ1v) is 4.73. The van der Waals surface area contributed by atoms with Crippen LogP contribution in [0.3, 0.4) is 0 Å². The summed E-state index contributed by atoms with van der Waals surface area (Å²) < 4.78 is 13.6. The van der Waals surface area contributed by atoms with Crippen molar-refractivity contribution in [1.29, 1.82) is 0 Å². The fourth-order valence-corrected chi connectivity index (χ4v) is 1.61. The molecular formula is C9H11BrFNO. The summed E-state index contributed by atoms with van der Waals surface area (Å²) >= 11 is 3.18.